The molecular weight excluding hydrogens is 309 g/mol. The number of benzene rings is 1. The Balaban J connectivity index is 2.16. The van der Waals surface area contributed by atoms with Crippen LogP contribution in [0.15, 0.2) is 24.3 Å². The van der Waals surface area contributed by atoms with Crippen LogP contribution in [-0.2, 0) is 20.7 Å². The first-order valence-electron chi connectivity index (χ1n) is 6.65. The molecule has 0 heterocycles. The summed E-state index contributed by atoms with van der Waals surface area (Å²) in [5.74, 6) is -0.932. The van der Waals surface area contributed by atoms with E-state index in [9.17, 15) is 14.0 Å². The Morgan fingerprint density at radius 2 is 1.91 bits per heavy atom. The third-order valence-corrected chi connectivity index (χ3v) is 2.91. The van der Waals surface area contributed by atoms with E-state index in [0.29, 0.717) is 24.9 Å². The van der Waals surface area contributed by atoms with Crippen molar-refractivity contribution in [3.05, 3.63) is 35.6 Å². The fraction of sp³-hybridized carbons (Fsp3) is 0.357. The largest absolute Gasteiger partial charge is 0.469 e. The normalized spacial score (nSPS) is 9.73. The highest BCUT2D eigenvalue weighted by atomic mass is 32.1. The van der Waals surface area contributed by atoms with Crippen LogP contribution < -0.4 is 16.2 Å². The summed E-state index contributed by atoms with van der Waals surface area (Å²) in [5.41, 5.74) is 5.67. The number of carbonyl (C=O) groups is 2. The van der Waals surface area contributed by atoms with Gasteiger partial charge < -0.3 is 10.1 Å². The van der Waals surface area contributed by atoms with Gasteiger partial charge in [-0.3, -0.25) is 20.4 Å². The molecule has 1 rings (SSSR count). The number of ether oxygens (including phenoxy) is 1. The Morgan fingerprint density at radius 1 is 1.23 bits per heavy atom. The fourth-order valence-corrected chi connectivity index (χ4v) is 1.69. The third-order valence-electron chi connectivity index (χ3n) is 2.66. The predicted octanol–water partition coefficient (Wildman–Crippen LogP) is 0.817. The average Bonchev–Trinajstić information content (AvgIpc) is 2.51. The molecule has 0 atom stereocenters. The monoisotopic (exact) mass is 327 g/mol. The molecule has 8 heteroatoms. The molecule has 0 fully saturated rings. The van der Waals surface area contributed by atoms with Gasteiger partial charge in [-0.2, -0.15) is 0 Å². The van der Waals surface area contributed by atoms with E-state index in [1.165, 1.54) is 31.4 Å². The van der Waals surface area contributed by atoms with Crippen molar-refractivity contribution in [1.29, 1.82) is 0 Å². The molecule has 6 nitrogen and oxygen atoms in total. The number of amides is 1. The maximum atomic E-state index is 12.7. The summed E-state index contributed by atoms with van der Waals surface area (Å²) in [5, 5.41) is 3.08. The van der Waals surface area contributed by atoms with Crippen LogP contribution in [0.5, 0.6) is 0 Å². The van der Waals surface area contributed by atoms with Gasteiger partial charge in [0.05, 0.1) is 13.5 Å². The topological polar surface area (TPSA) is 79.5 Å². The Kier molecular flexibility index (Phi) is 7.84. The summed E-state index contributed by atoms with van der Waals surface area (Å²) >= 11 is 4.96. The van der Waals surface area contributed by atoms with Crippen LogP contribution in [0.3, 0.4) is 0 Å². The molecule has 120 valence electrons. The van der Waals surface area contributed by atoms with Crippen molar-refractivity contribution < 1.29 is 18.7 Å². The van der Waals surface area contributed by atoms with Crippen LogP contribution in [0.4, 0.5) is 4.39 Å². The van der Waals surface area contributed by atoms with Crippen molar-refractivity contribution in [3.8, 4) is 0 Å². The van der Waals surface area contributed by atoms with E-state index in [1.807, 2.05) is 0 Å². The highest BCUT2D eigenvalue weighted by Gasteiger charge is 2.04. The zero-order valence-electron chi connectivity index (χ0n) is 12.1. The summed E-state index contributed by atoms with van der Waals surface area (Å²) in [7, 11) is 1.33. The van der Waals surface area contributed by atoms with Crippen molar-refractivity contribution in [2.75, 3.05) is 13.7 Å². The molecule has 0 saturated heterocycles. The summed E-state index contributed by atoms with van der Waals surface area (Å²) in [6.45, 7) is 0.481. The maximum Gasteiger partial charge on any atom is 0.305 e. The fourth-order valence-electron chi connectivity index (χ4n) is 1.54. The standard InChI is InChI=1S/C14H18FN3O3S/c1-21-13(20)3-2-8-16-14(22)18-17-12(19)9-10-4-6-11(15)7-5-10/h4-7H,2-3,8-9H2,1H3,(H,17,19)(H2,16,18,22). The summed E-state index contributed by atoms with van der Waals surface area (Å²) < 4.78 is 17.2. The minimum absolute atomic E-state index is 0.109. The van der Waals surface area contributed by atoms with Crippen LogP contribution in [-0.4, -0.2) is 30.6 Å². The molecule has 1 amide bonds. The quantitative estimate of drug-likeness (QED) is 0.311. The SMILES string of the molecule is COC(=O)CCCNC(=S)NNC(=O)Cc1ccc(F)cc1. The summed E-state index contributed by atoms with van der Waals surface area (Å²) in [6.07, 6.45) is 0.972. The number of rotatable bonds is 6. The average molecular weight is 327 g/mol. The Labute approximate surface area is 133 Å². The van der Waals surface area contributed by atoms with Gasteiger partial charge in [-0.1, -0.05) is 12.1 Å². The van der Waals surface area contributed by atoms with E-state index < -0.39 is 0 Å². The van der Waals surface area contributed by atoms with E-state index in [1.54, 1.807) is 0 Å². The second kappa shape index (κ2) is 9.67. The van der Waals surface area contributed by atoms with Gasteiger partial charge >= 0.3 is 5.97 Å². The highest BCUT2D eigenvalue weighted by Crippen LogP contribution is 2.02. The van der Waals surface area contributed by atoms with E-state index in [0.717, 1.165) is 0 Å². The number of hydrazine groups is 1. The van der Waals surface area contributed by atoms with Gasteiger partial charge in [0.1, 0.15) is 5.82 Å². The first-order valence-corrected chi connectivity index (χ1v) is 7.06. The van der Waals surface area contributed by atoms with Gasteiger partial charge in [-0.15, -0.1) is 0 Å². The van der Waals surface area contributed by atoms with Gasteiger partial charge in [0.25, 0.3) is 0 Å². The maximum absolute atomic E-state index is 12.7. The second-order valence-electron chi connectivity index (χ2n) is 4.41. The molecule has 1 aromatic carbocycles. The van der Waals surface area contributed by atoms with E-state index in [2.05, 4.69) is 20.9 Å². The first kappa shape index (κ1) is 17.8. The van der Waals surface area contributed by atoms with Crippen LogP contribution in [0.25, 0.3) is 0 Å². The first-order chi connectivity index (χ1) is 10.5. The van der Waals surface area contributed by atoms with Crippen LogP contribution in [0.2, 0.25) is 0 Å². The number of thiocarbonyl (C=S) groups is 1. The Morgan fingerprint density at radius 3 is 2.55 bits per heavy atom. The molecule has 0 radical (unpaired) electrons. The lowest BCUT2D eigenvalue weighted by atomic mass is 10.1. The van der Waals surface area contributed by atoms with E-state index in [-0.39, 0.29) is 29.2 Å². The lowest BCUT2D eigenvalue weighted by Crippen LogP contribution is -2.47. The molecule has 0 unspecified atom stereocenters. The molecule has 22 heavy (non-hydrogen) atoms. The molecule has 0 spiro atoms. The van der Waals surface area contributed by atoms with Crippen molar-refractivity contribution in [2.45, 2.75) is 19.3 Å². The van der Waals surface area contributed by atoms with Crippen molar-refractivity contribution in [2.24, 2.45) is 0 Å². The molecule has 1 aromatic rings. The second-order valence-corrected chi connectivity index (χ2v) is 4.82. The lowest BCUT2D eigenvalue weighted by molar-refractivity contribution is -0.140. The van der Waals surface area contributed by atoms with Crippen LogP contribution in [0.1, 0.15) is 18.4 Å². The number of esters is 1. The number of methoxy groups -OCH3 is 1. The van der Waals surface area contributed by atoms with Crippen molar-refractivity contribution in [3.63, 3.8) is 0 Å². The van der Waals surface area contributed by atoms with E-state index in [4.69, 9.17) is 12.2 Å². The van der Waals surface area contributed by atoms with Gasteiger partial charge in [0.2, 0.25) is 5.91 Å². The number of carbonyl (C=O) groups excluding carboxylic acids is 2. The zero-order chi connectivity index (χ0) is 16.4. The zero-order valence-corrected chi connectivity index (χ0v) is 13.0. The molecule has 0 saturated carbocycles. The third kappa shape index (κ3) is 7.53. The van der Waals surface area contributed by atoms with Crippen LogP contribution in [0, 0.1) is 5.82 Å². The Hall–Kier alpha value is -2.22. The smallest absolute Gasteiger partial charge is 0.305 e. The number of nitrogens with one attached hydrogen (secondary N) is 3. The van der Waals surface area contributed by atoms with Gasteiger partial charge in [-0.05, 0) is 36.3 Å². The van der Waals surface area contributed by atoms with Gasteiger partial charge in [0.15, 0.2) is 5.11 Å². The lowest BCUT2D eigenvalue weighted by Gasteiger charge is -2.11. The minimum atomic E-state index is -0.348. The number of hydrogen-bond donors (Lipinski definition) is 3. The highest BCUT2D eigenvalue weighted by molar-refractivity contribution is 7.80. The molecular formula is C14H18FN3O3S. The Bertz CT molecular complexity index is 523. The molecule has 3 N–H and O–H groups in total. The molecule has 0 bridgehead atoms. The molecule has 0 aliphatic rings. The molecule has 0 aromatic heterocycles. The van der Waals surface area contributed by atoms with Crippen LogP contribution >= 0.6 is 12.2 Å². The summed E-state index contributed by atoms with van der Waals surface area (Å²) in [6, 6.07) is 5.67. The minimum Gasteiger partial charge on any atom is -0.469 e. The van der Waals surface area contributed by atoms with Crippen molar-refractivity contribution in [1.82, 2.24) is 16.2 Å². The van der Waals surface area contributed by atoms with E-state index >= 15 is 0 Å². The number of halogens is 1. The van der Waals surface area contributed by atoms with Gasteiger partial charge in [-0.25, -0.2) is 4.39 Å². The van der Waals surface area contributed by atoms with Gasteiger partial charge in [0, 0.05) is 13.0 Å². The van der Waals surface area contributed by atoms with Crippen molar-refractivity contribution >= 4 is 29.2 Å². The number of hydrogen-bond acceptors (Lipinski definition) is 4. The summed E-state index contributed by atoms with van der Waals surface area (Å²) in [4.78, 5) is 22.5. The predicted molar refractivity (Wildman–Crippen MR) is 83.2 cm³/mol. The molecule has 0 aliphatic heterocycles. The molecule has 0 aliphatic carbocycles.